The first-order valence-electron chi connectivity index (χ1n) is 10.2. The first kappa shape index (κ1) is 24.0. The van der Waals surface area contributed by atoms with Gasteiger partial charge in [-0.3, -0.25) is 4.98 Å². The number of aromatic nitrogens is 1. The van der Waals surface area contributed by atoms with Gasteiger partial charge < -0.3 is 15.0 Å². The quantitative estimate of drug-likeness (QED) is 0.424. The van der Waals surface area contributed by atoms with Gasteiger partial charge in [0.25, 0.3) is 0 Å². The predicted octanol–water partition coefficient (Wildman–Crippen LogP) is 6.54. The number of alkyl halides is 3. The van der Waals surface area contributed by atoms with Crippen LogP contribution in [0.4, 0.5) is 28.0 Å². The van der Waals surface area contributed by atoms with E-state index in [1.165, 1.54) is 18.2 Å². The zero-order valence-electron chi connectivity index (χ0n) is 18.3. The molecule has 1 heterocycles. The molecule has 0 bridgehead atoms. The first-order valence-corrected chi connectivity index (χ1v) is 10.2. The first-order chi connectivity index (χ1) is 15.5. The third-order valence-corrected chi connectivity index (χ3v) is 4.75. The minimum Gasteiger partial charge on any atom is -0.406 e. The van der Waals surface area contributed by atoms with Crippen LogP contribution in [0.2, 0.25) is 0 Å². The van der Waals surface area contributed by atoms with E-state index in [4.69, 9.17) is 0 Å². The number of halogens is 4. The van der Waals surface area contributed by atoms with E-state index >= 15 is 0 Å². The molecule has 0 radical (unpaired) electrons. The van der Waals surface area contributed by atoms with E-state index in [9.17, 15) is 22.4 Å². The summed E-state index contributed by atoms with van der Waals surface area (Å²) >= 11 is 0. The van der Waals surface area contributed by atoms with Crippen LogP contribution in [0.3, 0.4) is 0 Å². The summed E-state index contributed by atoms with van der Waals surface area (Å²) in [6.45, 7) is 5.67. The maximum Gasteiger partial charge on any atom is 0.573 e. The smallest absolute Gasteiger partial charge is 0.406 e. The van der Waals surface area contributed by atoms with Gasteiger partial charge in [-0.2, -0.15) is 0 Å². The Balaban J connectivity index is 1.74. The molecule has 0 fully saturated rings. The highest BCUT2D eigenvalue weighted by Crippen LogP contribution is 2.25. The lowest BCUT2D eigenvalue weighted by atomic mass is 10.1. The Hall–Kier alpha value is -3.62. The van der Waals surface area contributed by atoms with Crippen LogP contribution < -0.4 is 10.1 Å². The van der Waals surface area contributed by atoms with Crippen LogP contribution >= 0.6 is 0 Å². The molecule has 1 N–H and O–H groups in total. The molecular weight excluding hydrogens is 438 g/mol. The van der Waals surface area contributed by atoms with E-state index < -0.39 is 18.2 Å². The van der Waals surface area contributed by atoms with Crippen LogP contribution in [0, 0.1) is 12.7 Å². The maximum atomic E-state index is 14.3. The lowest BCUT2D eigenvalue weighted by Crippen LogP contribution is -2.39. The predicted molar refractivity (Wildman–Crippen MR) is 117 cm³/mol. The molecule has 174 valence electrons. The molecular formula is C24H23F4N3O2. The number of aryl methyl sites for hydroxylation is 1. The Kier molecular flexibility index (Phi) is 7.20. The van der Waals surface area contributed by atoms with Gasteiger partial charge in [0.05, 0.1) is 0 Å². The number of nitrogens with one attached hydrogen (secondary N) is 1. The molecule has 0 aliphatic carbocycles. The summed E-state index contributed by atoms with van der Waals surface area (Å²) in [5.74, 6) is -0.807. The molecule has 9 heteroatoms. The maximum absolute atomic E-state index is 14.3. The molecule has 0 aliphatic heterocycles. The topological polar surface area (TPSA) is 54.5 Å². The van der Waals surface area contributed by atoms with Gasteiger partial charge in [-0.25, -0.2) is 9.18 Å². The van der Waals surface area contributed by atoms with Crippen molar-refractivity contribution in [2.24, 2.45) is 0 Å². The zero-order valence-corrected chi connectivity index (χ0v) is 18.3. The summed E-state index contributed by atoms with van der Waals surface area (Å²) in [6, 6.07) is 12.8. The SMILES string of the molecule is Cc1cnc(-c2cccc(CN(C(=O)Nc3ccc(OC(F)(F)F)cc3)C(C)C)c2)c(F)c1. The molecule has 33 heavy (non-hydrogen) atoms. The highest BCUT2D eigenvalue weighted by atomic mass is 19.4. The normalized spacial score (nSPS) is 11.4. The molecule has 0 aliphatic rings. The van der Waals surface area contributed by atoms with Crippen LogP contribution in [-0.2, 0) is 6.54 Å². The third kappa shape index (κ3) is 6.68. The summed E-state index contributed by atoms with van der Waals surface area (Å²) in [5, 5.41) is 2.67. The number of urea groups is 1. The lowest BCUT2D eigenvalue weighted by Gasteiger charge is -2.27. The second-order valence-electron chi connectivity index (χ2n) is 7.77. The fraction of sp³-hybridized carbons (Fsp3) is 0.250. The van der Waals surface area contributed by atoms with Gasteiger partial charge in [-0.05, 0) is 68.3 Å². The van der Waals surface area contributed by atoms with Gasteiger partial charge >= 0.3 is 12.4 Å². The third-order valence-electron chi connectivity index (χ3n) is 4.75. The highest BCUT2D eigenvalue weighted by Gasteiger charge is 2.31. The standard InChI is InChI=1S/C24H23F4N3O2/c1-15(2)31(23(32)30-19-7-9-20(10-8-19)33-24(26,27)28)14-17-5-4-6-18(12-17)22-21(25)11-16(3)13-29-22/h4-13,15H,14H2,1-3H3,(H,30,32). The van der Waals surface area contributed by atoms with Crippen LogP contribution in [0.1, 0.15) is 25.0 Å². The Labute approximate surface area is 189 Å². The molecule has 0 unspecified atom stereocenters. The van der Waals surface area contributed by atoms with Crippen molar-refractivity contribution >= 4 is 11.7 Å². The van der Waals surface area contributed by atoms with E-state index in [-0.39, 0.29) is 24.0 Å². The molecule has 0 spiro atoms. The summed E-state index contributed by atoms with van der Waals surface area (Å²) < 4.78 is 55.1. The Morgan fingerprint density at radius 2 is 1.82 bits per heavy atom. The lowest BCUT2D eigenvalue weighted by molar-refractivity contribution is -0.274. The number of nitrogens with zero attached hydrogens (tertiary/aromatic N) is 2. The van der Waals surface area contributed by atoms with Gasteiger partial charge in [0, 0.05) is 30.0 Å². The number of carbonyl (C=O) groups is 1. The van der Waals surface area contributed by atoms with Gasteiger partial charge in [-0.15, -0.1) is 13.2 Å². The van der Waals surface area contributed by atoms with Crippen molar-refractivity contribution in [3.05, 3.63) is 77.7 Å². The Morgan fingerprint density at radius 1 is 1.12 bits per heavy atom. The molecule has 1 aromatic heterocycles. The number of anilines is 1. The summed E-state index contributed by atoms with van der Waals surface area (Å²) in [7, 11) is 0. The molecule has 5 nitrogen and oxygen atoms in total. The van der Waals surface area contributed by atoms with Crippen molar-refractivity contribution < 1.29 is 27.1 Å². The molecule has 0 saturated carbocycles. The number of benzene rings is 2. The van der Waals surface area contributed by atoms with Crippen molar-refractivity contribution in [3.8, 4) is 17.0 Å². The van der Waals surface area contributed by atoms with Crippen LogP contribution in [0.5, 0.6) is 5.75 Å². The molecule has 2 aromatic carbocycles. The number of pyridine rings is 1. The summed E-state index contributed by atoms with van der Waals surface area (Å²) in [5.41, 5.74) is 2.62. The molecule has 3 aromatic rings. The highest BCUT2D eigenvalue weighted by molar-refractivity contribution is 5.89. The number of rotatable bonds is 6. The zero-order chi connectivity index (χ0) is 24.2. The molecule has 0 atom stereocenters. The fourth-order valence-corrected chi connectivity index (χ4v) is 3.18. The van der Waals surface area contributed by atoms with Gasteiger partial charge in [0.15, 0.2) is 0 Å². The van der Waals surface area contributed by atoms with E-state index in [0.717, 1.165) is 17.7 Å². The fourth-order valence-electron chi connectivity index (χ4n) is 3.18. The van der Waals surface area contributed by atoms with Crippen molar-refractivity contribution in [1.82, 2.24) is 9.88 Å². The molecule has 3 rings (SSSR count). The van der Waals surface area contributed by atoms with E-state index in [1.54, 1.807) is 36.2 Å². The number of hydrogen-bond acceptors (Lipinski definition) is 3. The van der Waals surface area contributed by atoms with Crippen LogP contribution in [-0.4, -0.2) is 28.3 Å². The summed E-state index contributed by atoms with van der Waals surface area (Å²) in [6.07, 6.45) is -3.20. The number of hydrogen-bond donors (Lipinski definition) is 1. The van der Waals surface area contributed by atoms with Crippen LogP contribution in [0.25, 0.3) is 11.3 Å². The van der Waals surface area contributed by atoms with Crippen molar-refractivity contribution in [2.45, 2.75) is 39.7 Å². The minimum atomic E-state index is -4.79. The van der Waals surface area contributed by atoms with Gasteiger partial charge in [0.1, 0.15) is 17.3 Å². The van der Waals surface area contributed by atoms with Crippen molar-refractivity contribution in [3.63, 3.8) is 0 Å². The Morgan fingerprint density at radius 3 is 2.42 bits per heavy atom. The van der Waals surface area contributed by atoms with E-state index in [1.807, 2.05) is 19.9 Å². The minimum absolute atomic E-state index is 0.185. The van der Waals surface area contributed by atoms with Crippen molar-refractivity contribution in [2.75, 3.05) is 5.32 Å². The van der Waals surface area contributed by atoms with Crippen LogP contribution in [0.15, 0.2) is 60.8 Å². The number of ether oxygens (including phenoxy) is 1. The van der Waals surface area contributed by atoms with Crippen molar-refractivity contribution in [1.29, 1.82) is 0 Å². The Bertz CT molecular complexity index is 1120. The average Bonchev–Trinajstić information content (AvgIpc) is 2.72. The monoisotopic (exact) mass is 461 g/mol. The second-order valence-corrected chi connectivity index (χ2v) is 7.77. The second kappa shape index (κ2) is 9.89. The molecule has 0 saturated heterocycles. The number of amides is 2. The van der Waals surface area contributed by atoms with Gasteiger partial charge in [0.2, 0.25) is 0 Å². The molecule has 2 amide bonds. The summed E-state index contributed by atoms with van der Waals surface area (Å²) in [4.78, 5) is 18.6. The average molecular weight is 461 g/mol. The van der Waals surface area contributed by atoms with E-state index in [0.29, 0.717) is 16.8 Å². The van der Waals surface area contributed by atoms with E-state index in [2.05, 4.69) is 15.0 Å². The largest absolute Gasteiger partial charge is 0.573 e. The number of carbonyl (C=O) groups excluding carboxylic acids is 1. The van der Waals surface area contributed by atoms with Gasteiger partial charge in [-0.1, -0.05) is 18.2 Å².